The van der Waals surface area contributed by atoms with Crippen LogP contribution in [-0.2, 0) is 0 Å². The third-order valence-corrected chi connectivity index (χ3v) is 2.66. The number of phenols is 1. The van der Waals surface area contributed by atoms with E-state index in [1.165, 1.54) is 0 Å². The maximum Gasteiger partial charge on any atom is 0.117 e. The van der Waals surface area contributed by atoms with Crippen LogP contribution in [0.4, 0.5) is 5.69 Å². The second kappa shape index (κ2) is 3.88. The minimum absolute atomic E-state index is 0.341. The molecule has 1 heterocycles. The molecule has 1 aromatic rings. The lowest BCUT2D eigenvalue weighted by atomic mass is 10.2. The van der Waals surface area contributed by atoms with Crippen molar-refractivity contribution in [3.05, 3.63) is 24.3 Å². The number of aromatic hydroxyl groups is 1. The molecule has 1 aromatic carbocycles. The number of hydrogen-bond donors (Lipinski definition) is 2. The van der Waals surface area contributed by atoms with Gasteiger partial charge in [0.15, 0.2) is 0 Å². The zero-order chi connectivity index (χ0) is 9.97. The molecule has 0 radical (unpaired) electrons. The van der Waals surface area contributed by atoms with Crippen LogP contribution in [0.2, 0.25) is 0 Å². The number of benzene rings is 1. The number of piperazine rings is 1. The van der Waals surface area contributed by atoms with Gasteiger partial charge in [-0.2, -0.15) is 0 Å². The van der Waals surface area contributed by atoms with Crippen LogP contribution in [0.15, 0.2) is 24.3 Å². The average molecular weight is 192 g/mol. The second-order valence-electron chi connectivity index (χ2n) is 3.77. The van der Waals surface area contributed by atoms with Crippen molar-refractivity contribution in [2.45, 2.75) is 13.0 Å². The Balaban J connectivity index is 2.20. The molecule has 2 N–H and O–H groups in total. The second-order valence-corrected chi connectivity index (χ2v) is 3.77. The Bertz CT molecular complexity index is 314. The van der Waals surface area contributed by atoms with E-state index in [1.54, 1.807) is 6.07 Å². The lowest BCUT2D eigenvalue weighted by Gasteiger charge is -2.35. The molecule has 76 valence electrons. The maximum atomic E-state index is 9.39. The molecule has 14 heavy (non-hydrogen) atoms. The predicted octanol–water partition coefficient (Wildman–Crippen LogP) is 1.19. The lowest BCUT2D eigenvalue weighted by Crippen LogP contribution is -2.49. The molecule has 0 spiro atoms. The number of nitrogens with one attached hydrogen (secondary N) is 1. The van der Waals surface area contributed by atoms with Crippen LogP contribution in [-0.4, -0.2) is 30.8 Å². The van der Waals surface area contributed by atoms with E-state index in [1.807, 2.05) is 18.2 Å². The monoisotopic (exact) mass is 192 g/mol. The van der Waals surface area contributed by atoms with E-state index in [9.17, 15) is 5.11 Å². The first-order valence-electron chi connectivity index (χ1n) is 5.04. The summed E-state index contributed by atoms with van der Waals surface area (Å²) in [6.45, 7) is 5.22. The van der Waals surface area contributed by atoms with Crippen molar-refractivity contribution >= 4 is 5.69 Å². The minimum Gasteiger partial charge on any atom is -0.508 e. The van der Waals surface area contributed by atoms with Crippen LogP contribution in [0, 0.1) is 0 Å². The van der Waals surface area contributed by atoms with Crippen LogP contribution >= 0.6 is 0 Å². The Hall–Kier alpha value is -1.22. The van der Waals surface area contributed by atoms with Gasteiger partial charge in [0.05, 0.1) is 0 Å². The molecule has 1 atom stereocenters. The van der Waals surface area contributed by atoms with Gasteiger partial charge in [0, 0.05) is 37.4 Å². The van der Waals surface area contributed by atoms with Gasteiger partial charge < -0.3 is 15.3 Å². The number of hydrogen-bond acceptors (Lipinski definition) is 3. The van der Waals surface area contributed by atoms with Crippen molar-refractivity contribution in [3.8, 4) is 5.75 Å². The number of phenolic OH excluding ortho intramolecular Hbond substituents is 1. The highest BCUT2D eigenvalue weighted by Crippen LogP contribution is 2.22. The molecule has 3 nitrogen and oxygen atoms in total. The zero-order valence-corrected chi connectivity index (χ0v) is 8.40. The SMILES string of the molecule is C[C@H]1CNCCN1c1cccc(O)c1. The number of anilines is 1. The summed E-state index contributed by atoms with van der Waals surface area (Å²) >= 11 is 0. The van der Waals surface area contributed by atoms with Gasteiger partial charge in [-0.1, -0.05) is 6.07 Å². The largest absolute Gasteiger partial charge is 0.508 e. The molecule has 0 bridgehead atoms. The fourth-order valence-corrected chi connectivity index (χ4v) is 1.90. The molecule has 1 fully saturated rings. The molecule has 1 aliphatic heterocycles. The molecule has 1 aliphatic rings. The van der Waals surface area contributed by atoms with Gasteiger partial charge in [-0.3, -0.25) is 0 Å². The van der Waals surface area contributed by atoms with E-state index in [2.05, 4.69) is 17.1 Å². The number of rotatable bonds is 1. The summed E-state index contributed by atoms with van der Waals surface area (Å²) in [5, 5.41) is 12.7. The van der Waals surface area contributed by atoms with E-state index in [-0.39, 0.29) is 0 Å². The van der Waals surface area contributed by atoms with Gasteiger partial charge in [0.25, 0.3) is 0 Å². The molecule has 2 rings (SSSR count). The minimum atomic E-state index is 0.341. The van der Waals surface area contributed by atoms with E-state index in [0.717, 1.165) is 25.3 Å². The maximum absolute atomic E-state index is 9.39. The molecular formula is C11H16N2O. The highest BCUT2D eigenvalue weighted by atomic mass is 16.3. The summed E-state index contributed by atoms with van der Waals surface area (Å²) in [4.78, 5) is 2.32. The van der Waals surface area contributed by atoms with Gasteiger partial charge >= 0.3 is 0 Å². The molecule has 0 unspecified atom stereocenters. The van der Waals surface area contributed by atoms with Gasteiger partial charge in [-0.25, -0.2) is 0 Å². The van der Waals surface area contributed by atoms with Gasteiger partial charge in [0.2, 0.25) is 0 Å². The summed E-state index contributed by atoms with van der Waals surface area (Å²) in [7, 11) is 0. The Morgan fingerprint density at radius 3 is 3.07 bits per heavy atom. The fraction of sp³-hybridized carbons (Fsp3) is 0.455. The van der Waals surface area contributed by atoms with Crippen molar-refractivity contribution in [3.63, 3.8) is 0 Å². The average Bonchev–Trinajstić information content (AvgIpc) is 2.18. The molecule has 0 aliphatic carbocycles. The molecule has 1 saturated heterocycles. The van der Waals surface area contributed by atoms with Gasteiger partial charge in [-0.05, 0) is 19.1 Å². The first-order valence-corrected chi connectivity index (χ1v) is 5.04. The van der Waals surface area contributed by atoms with E-state index < -0.39 is 0 Å². The van der Waals surface area contributed by atoms with Gasteiger partial charge in [0.1, 0.15) is 5.75 Å². The van der Waals surface area contributed by atoms with Crippen LogP contribution in [0.25, 0.3) is 0 Å². The highest BCUT2D eigenvalue weighted by Gasteiger charge is 2.17. The Morgan fingerprint density at radius 1 is 1.50 bits per heavy atom. The summed E-state index contributed by atoms with van der Waals surface area (Å²) in [5.74, 6) is 0.341. The quantitative estimate of drug-likeness (QED) is 0.701. The molecule has 0 aromatic heterocycles. The standard InChI is InChI=1S/C11H16N2O/c1-9-8-12-5-6-13(9)10-3-2-4-11(14)7-10/h2-4,7,9,12,14H,5-6,8H2,1H3/t9-/m0/s1. The number of nitrogens with zero attached hydrogens (tertiary/aromatic N) is 1. The summed E-state index contributed by atoms with van der Waals surface area (Å²) in [6, 6.07) is 7.95. The topological polar surface area (TPSA) is 35.5 Å². The summed E-state index contributed by atoms with van der Waals surface area (Å²) < 4.78 is 0. The van der Waals surface area contributed by atoms with E-state index in [0.29, 0.717) is 11.8 Å². The Labute approximate surface area is 84.4 Å². The smallest absolute Gasteiger partial charge is 0.117 e. The molecule has 0 amide bonds. The normalized spacial score (nSPS) is 22.4. The molecule has 3 heteroatoms. The fourth-order valence-electron chi connectivity index (χ4n) is 1.90. The van der Waals surface area contributed by atoms with E-state index in [4.69, 9.17) is 0 Å². The van der Waals surface area contributed by atoms with Crippen LogP contribution in [0.3, 0.4) is 0 Å². The first-order chi connectivity index (χ1) is 6.77. The third kappa shape index (κ3) is 1.82. The Kier molecular flexibility index (Phi) is 2.59. The highest BCUT2D eigenvalue weighted by molar-refractivity contribution is 5.51. The Morgan fingerprint density at radius 2 is 2.36 bits per heavy atom. The first kappa shape index (κ1) is 9.34. The van der Waals surface area contributed by atoms with E-state index >= 15 is 0 Å². The zero-order valence-electron chi connectivity index (χ0n) is 8.40. The van der Waals surface area contributed by atoms with Crippen molar-refractivity contribution in [1.82, 2.24) is 5.32 Å². The summed E-state index contributed by atoms with van der Waals surface area (Å²) in [6.07, 6.45) is 0. The van der Waals surface area contributed by atoms with Crippen molar-refractivity contribution in [1.29, 1.82) is 0 Å². The van der Waals surface area contributed by atoms with Crippen LogP contribution in [0.5, 0.6) is 5.75 Å². The van der Waals surface area contributed by atoms with Crippen LogP contribution in [0.1, 0.15) is 6.92 Å². The lowest BCUT2D eigenvalue weighted by molar-refractivity contribution is 0.472. The molecular weight excluding hydrogens is 176 g/mol. The van der Waals surface area contributed by atoms with Crippen molar-refractivity contribution in [2.24, 2.45) is 0 Å². The van der Waals surface area contributed by atoms with Crippen LogP contribution < -0.4 is 10.2 Å². The molecule has 0 saturated carbocycles. The predicted molar refractivity (Wildman–Crippen MR) is 57.8 cm³/mol. The van der Waals surface area contributed by atoms with Crippen molar-refractivity contribution < 1.29 is 5.11 Å². The van der Waals surface area contributed by atoms with Gasteiger partial charge in [-0.15, -0.1) is 0 Å². The van der Waals surface area contributed by atoms with Crippen molar-refractivity contribution in [2.75, 3.05) is 24.5 Å². The summed E-state index contributed by atoms with van der Waals surface area (Å²) in [5.41, 5.74) is 1.11. The third-order valence-electron chi connectivity index (χ3n) is 2.66.